The molecule has 0 aromatic carbocycles. The van der Waals surface area contributed by atoms with Gasteiger partial charge in [0.15, 0.2) is 0 Å². The smallest absolute Gasteiger partial charge is 0.0627 e. The Bertz CT molecular complexity index is 97.1. The lowest BCUT2D eigenvalue weighted by atomic mass is 9.63. The minimum atomic E-state index is 0.652. The molecule has 52 valence electrons. The molecule has 0 aromatic heterocycles. The van der Waals surface area contributed by atoms with Gasteiger partial charge >= 0.3 is 0 Å². The number of fused-ring (bicyclic) bond motifs is 2. The van der Waals surface area contributed by atoms with Crippen LogP contribution in [0.5, 0.6) is 0 Å². The fourth-order valence-electron chi connectivity index (χ4n) is 2.44. The van der Waals surface area contributed by atoms with Crippen LogP contribution in [0, 0.1) is 11.8 Å². The molecule has 3 rings (SSSR count). The van der Waals surface area contributed by atoms with Gasteiger partial charge in [0.1, 0.15) is 0 Å². The van der Waals surface area contributed by atoms with Gasteiger partial charge in [0.05, 0.1) is 6.10 Å². The lowest BCUT2D eigenvalue weighted by Crippen LogP contribution is -2.46. The lowest BCUT2D eigenvalue weighted by Gasteiger charge is -2.48. The highest BCUT2D eigenvalue weighted by Gasteiger charge is 2.43. The SMILES string of the molecule is COC1C2CCCC1C2. The zero-order valence-corrected chi connectivity index (χ0v) is 5.97. The van der Waals surface area contributed by atoms with E-state index in [4.69, 9.17) is 4.74 Å². The van der Waals surface area contributed by atoms with E-state index in [9.17, 15) is 0 Å². The van der Waals surface area contributed by atoms with Crippen LogP contribution in [0.4, 0.5) is 0 Å². The third kappa shape index (κ3) is 0.710. The third-order valence-electron chi connectivity index (χ3n) is 2.96. The highest BCUT2D eigenvalue weighted by atomic mass is 16.5. The number of ether oxygens (including phenoxy) is 1. The molecule has 0 N–H and O–H groups in total. The molecule has 0 aromatic rings. The summed E-state index contributed by atoms with van der Waals surface area (Å²) in [6.07, 6.45) is 6.41. The Kier molecular flexibility index (Phi) is 1.26. The quantitative estimate of drug-likeness (QED) is 0.520. The number of methoxy groups -OCH3 is 1. The highest BCUT2D eigenvalue weighted by molar-refractivity contribution is 4.93. The first-order valence-corrected chi connectivity index (χ1v) is 3.94. The molecule has 2 bridgehead atoms. The Morgan fingerprint density at radius 3 is 2.22 bits per heavy atom. The van der Waals surface area contributed by atoms with Gasteiger partial charge in [-0.2, -0.15) is 0 Å². The summed E-state index contributed by atoms with van der Waals surface area (Å²) in [7, 11) is 1.86. The van der Waals surface area contributed by atoms with Gasteiger partial charge in [-0.25, -0.2) is 0 Å². The van der Waals surface area contributed by atoms with Crippen LogP contribution >= 0.6 is 0 Å². The maximum absolute atomic E-state index is 5.35. The summed E-state index contributed by atoms with van der Waals surface area (Å²) >= 11 is 0. The fourth-order valence-corrected chi connectivity index (χ4v) is 2.44. The van der Waals surface area contributed by atoms with Crippen LogP contribution in [-0.2, 0) is 4.74 Å². The van der Waals surface area contributed by atoms with Gasteiger partial charge in [0.25, 0.3) is 0 Å². The Morgan fingerprint density at radius 2 is 1.89 bits per heavy atom. The average Bonchev–Trinajstić information content (AvgIpc) is 1.90. The predicted octanol–water partition coefficient (Wildman–Crippen LogP) is 1.82. The molecular weight excluding hydrogens is 112 g/mol. The lowest BCUT2D eigenvalue weighted by molar-refractivity contribution is -0.100. The van der Waals surface area contributed by atoms with Crippen molar-refractivity contribution < 1.29 is 4.74 Å². The first kappa shape index (κ1) is 5.72. The van der Waals surface area contributed by atoms with E-state index < -0.39 is 0 Å². The van der Waals surface area contributed by atoms with E-state index in [1.807, 2.05) is 7.11 Å². The number of hydrogen-bond donors (Lipinski definition) is 0. The number of rotatable bonds is 1. The highest BCUT2D eigenvalue weighted by Crippen LogP contribution is 2.46. The van der Waals surface area contributed by atoms with Crippen molar-refractivity contribution in [2.24, 2.45) is 11.8 Å². The molecule has 0 saturated heterocycles. The molecule has 3 fully saturated rings. The van der Waals surface area contributed by atoms with Crippen LogP contribution < -0.4 is 0 Å². The molecule has 3 saturated carbocycles. The molecule has 2 atom stereocenters. The minimum absolute atomic E-state index is 0.652. The molecule has 1 heteroatoms. The van der Waals surface area contributed by atoms with Gasteiger partial charge in [0.2, 0.25) is 0 Å². The minimum Gasteiger partial charge on any atom is -0.381 e. The Hall–Kier alpha value is -0.0400. The van der Waals surface area contributed by atoms with Crippen molar-refractivity contribution >= 4 is 0 Å². The molecule has 0 aliphatic heterocycles. The third-order valence-corrected chi connectivity index (χ3v) is 2.96. The van der Waals surface area contributed by atoms with Crippen LogP contribution in [0.1, 0.15) is 25.7 Å². The maximum Gasteiger partial charge on any atom is 0.0627 e. The van der Waals surface area contributed by atoms with Gasteiger partial charge in [0, 0.05) is 7.11 Å². The van der Waals surface area contributed by atoms with Crippen molar-refractivity contribution in [1.29, 1.82) is 0 Å². The van der Waals surface area contributed by atoms with Gasteiger partial charge in [-0.05, 0) is 31.1 Å². The van der Waals surface area contributed by atoms with Crippen LogP contribution in [0.25, 0.3) is 0 Å². The van der Waals surface area contributed by atoms with Crippen molar-refractivity contribution in [3.8, 4) is 0 Å². The maximum atomic E-state index is 5.35. The van der Waals surface area contributed by atoms with Crippen molar-refractivity contribution in [3.05, 3.63) is 0 Å². The predicted molar refractivity (Wildman–Crippen MR) is 36.2 cm³/mol. The Labute approximate surface area is 56.4 Å². The first-order valence-electron chi connectivity index (χ1n) is 3.94. The molecule has 0 radical (unpaired) electrons. The van der Waals surface area contributed by atoms with Crippen molar-refractivity contribution in [2.75, 3.05) is 7.11 Å². The molecule has 9 heavy (non-hydrogen) atoms. The summed E-state index contributed by atoms with van der Waals surface area (Å²) in [6, 6.07) is 0. The van der Waals surface area contributed by atoms with Gasteiger partial charge in [-0.15, -0.1) is 0 Å². The molecule has 0 heterocycles. The van der Waals surface area contributed by atoms with E-state index in [0.717, 1.165) is 11.8 Å². The van der Waals surface area contributed by atoms with Gasteiger partial charge < -0.3 is 4.74 Å². The summed E-state index contributed by atoms with van der Waals surface area (Å²) in [5, 5.41) is 0. The van der Waals surface area contributed by atoms with E-state index in [1.54, 1.807) is 0 Å². The van der Waals surface area contributed by atoms with Crippen LogP contribution in [0.2, 0.25) is 0 Å². The zero-order chi connectivity index (χ0) is 6.27. The second-order valence-corrected chi connectivity index (χ2v) is 3.39. The first-order chi connectivity index (χ1) is 4.42. The fraction of sp³-hybridized carbons (Fsp3) is 1.00. The molecule has 2 unspecified atom stereocenters. The summed E-state index contributed by atoms with van der Waals surface area (Å²) in [5.41, 5.74) is 0. The normalized spacial score (nSPS) is 48.3. The van der Waals surface area contributed by atoms with Crippen molar-refractivity contribution in [3.63, 3.8) is 0 Å². The van der Waals surface area contributed by atoms with Gasteiger partial charge in [-0.1, -0.05) is 6.42 Å². The topological polar surface area (TPSA) is 9.23 Å². The molecule has 3 aliphatic rings. The second kappa shape index (κ2) is 1.98. The number of hydrogen-bond acceptors (Lipinski definition) is 1. The van der Waals surface area contributed by atoms with Crippen molar-refractivity contribution in [1.82, 2.24) is 0 Å². The van der Waals surface area contributed by atoms with E-state index in [1.165, 1.54) is 25.7 Å². The largest absolute Gasteiger partial charge is 0.381 e. The average molecular weight is 126 g/mol. The van der Waals surface area contributed by atoms with Crippen LogP contribution in [0.3, 0.4) is 0 Å². The standard InChI is InChI=1S/C8H14O/c1-9-8-6-3-2-4-7(8)5-6/h6-8H,2-5H2,1H3. The summed E-state index contributed by atoms with van der Waals surface area (Å²) in [5.74, 6) is 1.88. The van der Waals surface area contributed by atoms with E-state index in [2.05, 4.69) is 0 Å². The van der Waals surface area contributed by atoms with Gasteiger partial charge in [-0.3, -0.25) is 0 Å². The summed E-state index contributed by atoms with van der Waals surface area (Å²) < 4.78 is 5.35. The Balaban J connectivity index is 1.97. The summed E-state index contributed by atoms with van der Waals surface area (Å²) in [4.78, 5) is 0. The molecule has 0 amide bonds. The monoisotopic (exact) mass is 126 g/mol. The summed E-state index contributed by atoms with van der Waals surface area (Å²) in [6.45, 7) is 0. The van der Waals surface area contributed by atoms with Crippen LogP contribution in [0.15, 0.2) is 0 Å². The van der Waals surface area contributed by atoms with E-state index in [0.29, 0.717) is 6.10 Å². The van der Waals surface area contributed by atoms with E-state index in [-0.39, 0.29) is 0 Å². The molecule has 3 aliphatic carbocycles. The van der Waals surface area contributed by atoms with Crippen LogP contribution in [-0.4, -0.2) is 13.2 Å². The molecular formula is C8H14O. The molecule has 0 spiro atoms. The van der Waals surface area contributed by atoms with E-state index >= 15 is 0 Å². The Morgan fingerprint density at radius 1 is 1.22 bits per heavy atom. The zero-order valence-electron chi connectivity index (χ0n) is 5.97. The molecule has 1 nitrogen and oxygen atoms in total. The second-order valence-electron chi connectivity index (χ2n) is 3.39. The van der Waals surface area contributed by atoms with Crippen molar-refractivity contribution in [2.45, 2.75) is 31.8 Å².